The van der Waals surface area contributed by atoms with Crippen molar-refractivity contribution in [3.63, 3.8) is 0 Å². The van der Waals surface area contributed by atoms with Crippen molar-refractivity contribution in [1.82, 2.24) is 15.6 Å². The first-order valence-corrected chi connectivity index (χ1v) is 9.87. The van der Waals surface area contributed by atoms with Gasteiger partial charge in [0.2, 0.25) is 5.89 Å². The molecule has 3 rings (SSSR count). The topological polar surface area (TPSA) is 62.5 Å². The zero-order chi connectivity index (χ0) is 18.9. The van der Waals surface area contributed by atoms with Crippen molar-refractivity contribution in [1.29, 1.82) is 0 Å². The molecule has 0 amide bonds. The molecule has 0 unspecified atom stereocenters. The predicted octanol–water partition coefficient (Wildman–Crippen LogP) is 4.11. The average molecular weight is 381 g/mol. The van der Waals surface area contributed by atoms with Gasteiger partial charge in [0.1, 0.15) is 6.26 Å². The molecule has 0 aliphatic rings. The van der Waals surface area contributed by atoms with Gasteiger partial charge in [0.25, 0.3) is 0 Å². The van der Waals surface area contributed by atoms with E-state index in [0.29, 0.717) is 12.4 Å². The molecular weight excluding hydrogens is 356 g/mol. The summed E-state index contributed by atoms with van der Waals surface area (Å²) in [6.07, 6.45) is 1.68. The lowest BCUT2D eigenvalue weighted by Gasteiger charge is -2.10. The number of hydrogen-bond donors (Lipinski definition) is 2. The van der Waals surface area contributed by atoms with Crippen LogP contribution in [0.2, 0.25) is 0 Å². The van der Waals surface area contributed by atoms with Gasteiger partial charge in [-0.15, -0.1) is 11.8 Å². The second-order valence-corrected chi connectivity index (χ2v) is 7.19. The third-order valence-electron chi connectivity index (χ3n) is 3.92. The van der Waals surface area contributed by atoms with E-state index in [1.807, 2.05) is 30.0 Å². The molecule has 27 heavy (non-hydrogen) atoms. The quantitative estimate of drug-likeness (QED) is 0.280. The van der Waals surface area contributed by atoms with Crippen LogP contribution in [0.15, 0.2) is 75.2 Å². The first-order valence-electron chi connectivity index (χ1n) is 8.88. The Morgan fingerprint density at radius 2 is 1.85 bits per heavy atom. The molecule has 2 N–H and O–H groups in total. The highest BCUT2D eigenvalue weighted by atomic mass is 32.2. The van der Waals surface area contributed by atoms with Crippen LogP contribution in [0.4, 0.5) is 0 Å². The van der Waals surface area contributed by atoms with Crippen molar-refractivity contribution >= 4 is 17.7 Å². The summed E-state index contributed by atoms with van der Waals surface area (Å²) in [5, 5.41) is 6.58. The van der Waals surface area contributed by atoms with Crippen molar-refractivity contribution in [3.8, 4) is 11.5 Å². The minimum absolute atomic E-state index is 0.556. The Bertz CT molecular complexity index is 859. The number of aryl methyl sites for hydroxylation is 1. The van der Waals surface area contributed by atoms with Crippen LogP contribution in [-0.2, 0) is 6.54 Å². The number of nitrogens with one attached hydrogen (secondary N) is 2. The normalized spacial score (nSPS) is 11.4. The van der Waals surface area contributed by atoms with Crippen molar-refractivity contribution in [3.05, 3.63) is 72.1 Å². The minimum Gasteiger partial charge on any atom is -0.444 e. The maximum Gasteiger partial charge on any atom is 0.226 e. The number of thioether (sulfide) groups is 1. The summed E-state index contributed by atoms with van der Waals surface area (Å²) in [7, 11) is 1.76. The fraction of sp³-hybridized carbons (Fsp3) is 0.238. The fourth-order valence-electron chi connectivity index (χ4n) is 2.47. The van der Waals surface area contributed by atoms with Gasteiger partial charge < -0.3 is 15.1 Å². The molecule has 0 saturated carbocycles. The number of oxazole rings is 1. The Kier molecular flexibility index (Phi) is 6.93. The number of nitrogens with zero attached hydrogens (tertiary/aromatic N) is 2. The highest BCUT2D eigenvalue weighted by Gasteiger charge is 2.07. The molecule has 2 aromatic carbocycles. The molecule has 0 fully saturated rings. The van der Waals surface area contributed by atoms with Crippen LogP contribution in [-0.4, -0.2) is 30.3 Å². The van der Waals surface area contributed by atoms with Gasteiger partial charge in [-0.25, -0.2) is 4.98 Å². The van der Waals surface area contributed by atoms with Crippen LogP contribution in [0.1, 0.15) is 11.3 Å². The van der Waals surface area contributed by atoms with Crippen LogP contribution in [0.5, 0.6) is 0 Å². The van der Waals surface area contributed by atoms with Gasteiger partial charge in [0.05, 0.1) is 12.2 Å². The van der Waals surface area contributed by atoms with Gasteiger partial charge >= 0.3 is 0 Å². The van der Waals surface area contributed by atoms with Gasteiger partial charge in [-0.1, -0.05) is 35.9 Å². The highest BCUT2D eigenvalue weighted by molar-refractivity contribution is 7.99. The van der Waals surface area contributed by atoms with E-state index in [0.717, 1.165) is 29.5 Å². The third kappa shape index (κ3) is 5.89. The Morgan fingerprint density at radius 3 is 2.59 bits per heavy atom. The molecule has 0 radical (unpaired) electrons. The Balaban J connectivity index is 1.43. The van der Waals surface area contributed by atoms with Gasteiger partial charge in [-0.2, -0.15) is 0 Å². The standard InChI is InChI=1S/C21H24N4OS/c1-16-8-10-17(11-9-16)20-25-18(15-26-20)14-24-21(22-2)23-12-13-27-19-6-4-3-5-7-19/h3-11,15H,12-14H2,1-2H3,(H2,22,23,24). The molecule has 0 bridgehead atoms. The molecule has 6 heteroatoms. The number of rotatable bonds is 7. The molecule has 0 saturated heterocycles. The molecule has 0 spiro atoms. The zero-order valence-corrected chi connectivity index (χ0v) is 16.4. The molecule has 3 aromatic rings. The summed E-state index contributed by atoms with van der Waals surface area (Å²) in [5.41, 5.74) is 3.03. The number of aromatic nitrogens is 1. The monoisotopic (exact) mass is 380 g/mol. The number of guanidine groups is 1. The molecule has 1 aromatic heterocycles. The number of benzene rings is 2. The third-order valence-corrected chi connectivity index (χ3v) is 4.93. The minimum atomic E-state index is 0.556. The molecule has 1 heterocycles. The average Bonchev–Trinajstić information content (AvgIpc) is 3.18. The van der Waals surface area contributed by atoms with Crippen molar-refractivity contribution in [2.75, 3.05) is 19.3 Å². The molecule has 5 nitrogen and oxygen atoms in total. The summed E-state index contributed by atoms with van der Waals surface area (Å²) in [5.74, 6) is 2.35. The van der Waals surface area contributed by atoms with E-state index >= 15 is 0 Å². The summed E-state index contributed by atoms with van der Waals surface area (Å²) >= 11 is 1.82. The lowest BCUT2D eigenvalue weighted by Crippen LogP contribution is -2.38. The van der Waals surface area contributed by atoms with Crippen LogP contribution in [0.25, 0.3) is 11.5 Å². The summed E-state index contributed by atoms with van der Waals surface area (Å²) in [6, 6.07) is 18.5. The number of hydrogen-bond acceptors (Lipinski definition) is 4. The summed E-state index contributed by atoms with van der Waals surface area (Å²) in [4.78, 5) is 10.1. The van der Waals surface area contributed by atoms with E-state index in [2.05, 4.69) is 63.9 Å². The summed E-state index contributed by atoms with van der Waals surface area (Å²) in [6.45, 7) is 3.44. The first kappa shape index (κ1) is 19.0. The Morgan fingerprint density at radius 1 is 1.07 bits per heavy atom. The SMILES string of the molecule is CN=C(NCCSc1ccccc1)NCc1coc(-c2ccc(C)cc2)n1. The van der Waals surface area contributed by atoms with E-state index < -0.39 is 0 Å². The predicted molar refractivity (Wildman–Crippen MR) is 112 cm³/mol. The van der Waals surface area contributed by atoms with Gasteiger partial charge in [-0.05, 0) is 31.2 Å². The van der Waals surface area contributed by atoms with Gasteiger partial charge in [0, 0.05) is 29.8 Å². The van der Waals surface area contributed by atoms with Crippen molar-refractivity contribution in [2.24, 2.45) is 4.99 Å². The van der Waals surface area contributed by atoms with Crippen LogP contribution >= 0.6 is 11.8 Å². The largest absolute Gasteiger partial charge is 0.444 e. The maximum atomic E-state index is 5.59. The van der Waals surface area contributed by atoms with Crippen molar-refractivity contribution < 1.29 is 4.42 Å². The van der Waals surface area contributed by atoms with Crippen LogP contribution in [0, 0.1) is 6.92 Å². The second kappa shape index (κ2) is 9.83. The van der Waals surface area contributed by atoms with E-state index in [1.165, 1.54) is 10.5 Å². The van der Waals surface area contributed by atoms with Gasteiger partial charge in [0.15, 0.2) is 5.96 Å². The van der Waals surface area contributed by atoms with Crippen LogP contribution in [0.3, 0.4) is 0 Å². The van der Waals surface area contributed by atoms with E-state index in [9.17, 15) is 0 Å². The smallest absolute Gasteiger partial charge is 0.226 e. The van der Waals surface area contributed by atoms with Gasteiger partial charge in [-0.3, -0.25) is 4.99 Å². The van der Waals surface area contributed by atoms with E-state index in [4.69, 9.17) is 4.42 Å². The summed E-state index contributed by atoms with van der Waals surface area (Å²) < 4.78 is 5.59. The maximum absolute atomic E-state index is 5.59. The molecular formula is C21H24N4OS. The second-order valence-electron chi connectivity index (χ2n) is 6.02. The lowest BCUT2D eigenvalue weighted by molar-refractivity contribution is 0.572. The molecule has 140 valence electrons. The molecule has 0 atom stereocenters. The first-order chi connectivity index (χ1) is 13.2. The lowest BCUT2D eigenvalue weighted by atomic mass is 10.1. The van der Waals surface area contributed by atoms with Crippen LogP contribution < -0.4 is 10.6 Å². The van der Waals surface area contributed by atoms with E-state index in [-0.39, 0.29) is 0 Å². The van der Waals surface area contributed by atoms with E-state index in [1.54, 1.807) is 13.3 Å². The molecule has 0 aliphatic heterocycles. The number of aliphatic imine (C=N–C) groups is 1. The highest BCUT2D eigenvalue weighted by Crippen LogP contribution is 2.19. The Labute approximate surface area is 164 Å². The molecule has 0 aliphatic carbocycles. The Hall–Kier alpha value is -2.73. The fourth-order valence-corrected chi connectivity index (χ4v) is 3.26. The van der Waals surface area contributed by atoms with Crippen molar-refractivity contribution in [2.45, 2.75) is 18.4 Å². The zero-order valence-electron chi connectivity index (χ0n) is 15.6.